The average molecular weight is 353 g/mol. The van der Waals surface area contributed by atoms with Crippen molar-refractivity contribution >= 4 is 5.95 Å². The molecule has 136 valence electrons. The van der Waals surface area contributed by atoms with Crippen molar-refractivity contribution in [2.75, 3.05) is 19.0 Å². The number of hydrogen-bond donors (Lipinski definition) is 3. The number of imidazole rings is 1. The molecule has 0 amide bonds. The molecule has 1 aromatic carbocycles. The minimum atomic E-state index is -0.122. The highest BCUT2D eigenvalue weighted by atomic mass is 16.5. The van der Waals surface area contributed by atoms with Crippen molar-refractivity contribution in [3.05, 3.63) is 70.2 Å². The number of benzene rings is 1. The molecule has 7 heteroatoms. The fraction of sp³-hybridized carbons (Fsp3) is 0.316. The van der Waals surface area contributed by atoms with Crippen molar-refractivity contribution in [1.82, 2.24) is 19.9 Å². The first-order chi connectivity index (χ1) is 12.7. The van der Waals surface area contributed by atoms with E-state index in [9.17, 15) is 4.79 Å². The predicted octanol–water partition coefficient (Wildman–Crippen LogP) is 2.53. The summed E-state index contributed by atoms with van der Waals surface area (Å²) in [5, 5.41) is 3.16. The summed E-state index contributed by atoms with van der Waals surface area (Å²) in [5.74, 6) is 1.28. The number of aromatic nitrogens is 4. The number of unbranched alkanes of at least 4 members (excludes halogenated alkanes) is 1. The first kappa shape index (κ1) is 17.7. The normalized spacial score (nSPS) is 10.7. The van der Waals surface area contributed by atoms with Crippen molar-refractivity contribution < 1.29 is 4.74 Å². The maximum Gasteiger partial charge on any atom is 0.255 e. The third-order valence-electron chi connectivity index (χ3n) is 4.12. The number of hydrogen-bond acceptors (Lipinski definition) is 5. The molecule has 0 aliphatic heterocycles. The molecule has 3 aromatic rings. The maximum atomic E-state index is 12.3. The van der Waals surface area contributed by atoms with Gasteiger partial charge < -0.3 is 15.0 Å². The summed E-state index contributed by atoms with van der Waals surface area (Å²) in [6.07, 6.45) is 8.66. The highest BCUT2D eigenvalue weighted by Gasteiger charge is 2.05. The van der Waals surface area contributed by atoms with E-state index in [2.05, 4.69) is 25.3 Å². The molecule has 7 nitrogen and oxygen atoms in total. The van der Waals surface area contributed by atoms with Crippen molar-refractivity contribution in [2.24, 2.45) is 0 Å². The molecule has 0 saturated heterocycles. The van der Waals surface area contributed by atoms with Gasteiger partial charge in [-0.3, -0.25) is 9.78 Å². The highest BCUT2D eigenvalue weighted by molar-refractivity contribution is 5.33. The molecule has 0 spiro atoms. The highest BCUT2D eigenvalue weighted by Crippen LogP contribution is 2.14. The van der Waals surface area contributed by atoms with Gasteiger partial charge in [0.1, 0.15) is 5.75 Å². The molecule has 0 aliphatic rings. The largest absolute Gasteiger partial charge is 0.497 e. The van der Waals surface area contributed by atoms with E-state index in [1.807, 2.05) is 30.5 Å². The Hall–Kier alpha value is -3.09. The van der Waals surface area contributed by atoms with Gasteiger partial charge in [0, 0.05) is 36.6 Å². The summed E-state index contributed by atoms with van der Waals surface area (Å²) >= 11 is 0. The summed E-state index contributed by atoms with van der Waals surface area (Å²) in [6, 6.07) is 7.68. The van der Waals surface area contributed by atoms with E-state index in [4.69, 9.17) is 4.74 Å². The van der Waals surface area contributed by atoms with Crippen LogP contribution < -0.4 is 15.6 Å². The van der Waals surface area contributed by atoms with Crippen LogP contribution in [0.25, 0.3) is 0 Å². The van der Waals surface area contributed by atoms with E-state index in [1.54, 1.807) is 19.6 Å². The van der Waals surface area contributed by atoms with Crippen LogP contribution in [0.3, 0.4) is 0 Å². The zero-order valence-corrected chi connectivity index (χ0v) is 14.8. The molecule has 0 bridgehead atoms. The van der Waals surface area contributed by atoms with Crippen LogP contribution in [0.1, 0.15) is 29.7 Å². The van der Waals surface area contributed by atoms with Gasteiger partial charge in [0.2, 0.25) is 5.95 Å². The quantitative estimate of drug-likeness (QED) is 0.514. The SMILES string of the molecule is COc1cccc(Cc2cnc(NCCCCc3cnc[nH]3)[nH]c2=O)c1. The number of nitrogens with one attached hydrogen (secondary N) is 3. The van der Waals surface area contributed by atoms with E-state index < -0.39 is 0 Å². The first-order valence-electron chi connectivity index (χ1n) is 8.67. The van der Waals surface area contributed by atoms with Gasteiger partial charge in [-0.25, -0.2) is 9.97 Å². The number of ether oxygens (including phenoxy) is 1. The van der Waals surface area contributed by atoms with Crippen LogP contribution in [0, 0.1) is 0 Å². The van der Waals surface area contributed by atoms with E-state index in [0.717, 1.165) is 42.8 Å². The van der Waals surface area contributed by atoms with E-state index >= 15 is 0 Å². The third-order valence-corrected chi connectivity index (χ3v) is 4.12. The van der Waals surface area contributed by atoms with Crippen molar-refractivity contribution in [3.63, 3.8) is 0 Å². The van der Waals surface area contributed by atoms with Crippen LogP contribution in [0.2, 0.25) is 0 Å². The Balaban J connectivity index is 1.49. The van der Waals surface area contributed by atoms with Gasteiger partial charge in [-0.1, -0.05) is 12.1 Å². The summed E-state index contributed by atoms with van der Waals surface area (Å²) in [7, 11) is 1.63. The average Bonchev–Trinajstić information content (AvgIpc) is 3.17. The molecule has 0 unspecified atom stereocenters. The summed E-state index contributed by atoms with van der Waals surface area (Å²) in [5.41, 5.74) is 2.65. The molecule has 3 N–H and O–H groups in total. The van der Waals surface area contributed by atoms with Crippen LogP contribution in [-0.4, -0.2) is 33.6 Å². The number of nitrogens with zero attached hydrogens (tertiary/aromatic N) is 2. The molecule has 0 saturated carbocycles. The molecule has 26 heavy (non-hydrogen) atoms. The minimum absolute atomic E-state index is 0.122. The molecule has 0 atom stereocenters. The Morgan fingerprint density at radius 1 is 1.23 bits per heavy atom. The molecule has 0 fully saturated rings. The lowest BCUT2D eigenvalue weighted by Crippen LogP contribution is -2.17. The molecular formula is C19H23N5O2. The van der Waals surface area contributed by atoms with Crippen LogP contribution in [0.15, 0.2) is 47.8 Å². The molecular weight excluding hydrogens is 330 g/mol. The number of H-pyrrole nitrogens is 2. The molecule has 0 aliphatic carbocycles. The van der Waals surface area contributed by atoms with Crippen LogP contribution in [-0.2, 0) is 12.8 Å². The second-order valence-electron chi connectivity index (χ2n) is 6.08. The second-order valence-corrected chi connectivity index (χ2v) is 6.08. The topological polar surface area (TPSA) is 95.7 Å². The van der Waals surface area contributed by atoms with Gasteiger partial charge in [-0.05, 0) is 37.0 Å². The second kappa shape index (κ2) is 8.84. The van der Waals surface area contributed by atoms with E-state index in [-0.39, 0.29) is 5.56 Å². The van der Waals surface area contributed by atoms with Gasteiger partial charge in [-0.15, -0.1) is 0 Å². The summed E-state index contributed by atoms with van der Waals surface area (Å²) in [4.78, 5) is 26.5. The Bertz CT molecular complexity index is 874. The predicted molar refractivity (Wildman–Crippen MR) is 101 cm³/mol. The standard InChI is InChI=1S/C19H23N5O2/c1-26-17-7-4-5-14(10-17)9-15-11-22-19(24-18(15)25)21-8-3-2-6-16-12-20-13-23-16/h4-5,7,10-13H,2-3,6,8-9H2,1H3,(H,20,23)(H2,21,22,24,25). The van der Waals surface area contributed by atoms with E-state index in [0.29, 0.717) is 17.9 Å². The van der Waals surface area contributed by atoms with Crippen LogP contribution in [0.5, 0.6) is 5.75 Å². The Kier molecular flexibility index (Phi) is 6.03. The lowest BCUT2D eigenvalue weighted by Gasteiger charge is -2.07. The van der Waals surface area contributed by atoms with Gasteiger partial charge >= 0.3 is 0 Å². The maximum absolute atomic E-state index is 12.3. The Morgan fingerprint density at radius 2 is 2.15 bits per heavy atom. The van der Waals surface area contributed by atoms with Crippen LogP contribution in [0.4, 0.5) is 5.95 Å². The number of aromatic amines is 2. The zero-order valence-electron chi connectivity index (χ0n) is 14.8. The van der Waals surface area contributed by atoms with Crippen LogP contribution >= 0.6 is 0 Å². The van der Waals surface area contributed by atoms with E-state index in [1.165, 1.54) is 0 Å². The lowest BCUT2D eigenvalue weighted by atomic mass is 10.1. The number of aryl methyl sites for hydroxylation is 1. The van der Waals surface area contributed by atoms with Gasteiger partial charge in [0.25, 0.3) is 5.56 Å². The summed E-state index contributed by atoms with van der Waals surface area (Å²) in [6.45, 7) is 0.756. The minimum Gasteiger partial charge on any atom is -0.497 e. The number of anilines is 1. The van der Waals surface area contributed by atoms with Crippen molar-refractivity contribution in [2.45, 2.75) is 25.7 Å². The molecule has 2 heterocycles. The fourth-order valence-electron chi connectivity index (χ4n) is 2.71. The first-order valence-corrected chi connectivity index (χ1v) is 8.67. The van der Waals surface area contributed by atoms with Crippen molar-refractivity contribution in [1.29, 1.82) is 0 Å². The monoisotopic (exact) mass is 353 g/mol. The molecule has 3 rings (SSSR count). The smallest absolute Gasteiger partial charge is 0.255 e. The molecule has 2 aromatic heterocycles. The molecule has 0 radical (unpaired) electrons. The van der Waals surface area contributed by atoms with Gasteiger partial charge in [-0.2, -0.15) is 0 Å². The zero-order chi connectivity index (χ0) is 18.2. The Labute approximate surface area is 151 Å². The van der Waals surface area contributed by atoms with Gasteiger partial charge in [0.15, 0.2) is 0 Å². The number of rotatable bonds is 9. The lowest BCUT2D eigenvalue weighted by molar-refractivity contribution is 0.414. The van der Waals surface area contributed by atoms with Gasteiger partial charge in [0.05, 0.1) is 13.4 Å². The fourth-order valence-corrected chi connectivity index (χ4v) is 2.71. The van der Waals surface area contributed by atoms with Crippen molar-refractivity contribution in [3.8, 4) is 5.75 Å². The number of methoxy groups -OCH3 is 1. The Morgan fingerprint density at radius 3 is 2.92 bits per heavy atom. The summed E-state index contributed by atoms with van der Waals surface area (Å²) < 4.78 is 5.21. The third kappa shape index (κ3) is 4.95.